The predicted octanol–water partition coefficient (Wildman–Crippen LogP) is 2.47. The van der Waals surface area contributed by atoms with Crippen molar-refractivity contribution < 1.29 is 14.8 Å². The maximum Gasteiger partial charge on any atom is 0.302 e. The average molecular weight is 318 g/mol. The molecule has 0 atom stereocenters. The van der Waals surface area contributed by atoms with Gasteiger partial charge in [0.1, 0.15) is 11.6 Å². The molecule has 0 heterocycles. The molecule has 0 aromatic heterocycles. The number of rotatable bonds is 6. The molecule has 0 aliphatic rings. The minimum atomic E-state index is -0.883. The Labute approximate surface area is 131 Å². The first kappa shape index (κ1) is 17.8. The Morgan fingerprint density at radius 2 is 2.09 bits per heavy atom. The lowest BCUT2D eigenvalue weighted by Gasteiger charge is -2.17. The molecule has 1 N–H and O–H groups in total. The molecule has 9 nitrogen and oxygen atoms in total. The van der Waals surface area contributed by atoms with Crippen molar-refractivity contribution in [1.82, 2.24) is 4.90 Å². The van der Waals surface area contributed by atoms with Gasteiger partial charge in [-0.25, -0.2) is 0 Å². The Kier molecular flexibility index (Phi) is 5.91. The van der Waals surface area contributed by atoms with E-state index in [1.807, 2.05) is 0 Å². The SMILES string of the molecule is CCN(CC)C(=O)/C(C#N)=C/c1cc(O)c(N=O)c([N+](=O)[O-])c1. The molecule has 1 aromatic carbocycles. The van der Waals surface area contributed by atoms with Gasteiger partial charge in [-0.2, -0.15) is 5.26 Å². The van der Waals surface area contributed by atoms with Crippen molar-refractivity contribution in [3.63, 3.8) is 0 Å². The molecule has 0 fully saturated rings. The van der Waals surface area contributed by atoms with Crippen molar-refractivity contribution in [2.75, 3.05) is 13.1 Å². The lowest BCUT2D eigenvalue weighted by Crippen LogP contribution is -2.31. The van der Waals surface area contributed by atoms with Gasteiger partial charge in [0, 0.05) is 19.2 Å². The predicted molar refractivity (Wildman–Crippen MR) is 81.7 cm³/mol. The van der Waals surface area contributed by atoms with E-state index >= 15 is 0 Å². The van der Waals surface area contributed by atoms with Crippen LogP contribution in [0, 0.1) is 26.4 Å². The number of nitro benzene ring substituents is 1. The number of nitro groups is 1. The highest BCUT2D eigenvalue weighted by Crippen LogP contribution is 2.37. The van der Waals surface area contributed by atoms with Crippen molar-refractivity contribution in [2.45, 2.75) is 13.8 Å². The molecule has 1 amide bonds. The number of hydrogen-bond acceptors (Lipinski definition) is 7. The molecular formula is C14H14N4O5. The molecule has 23 heavy (non-hydrogen) atoms. The van der Waals surface area contributed by atoms with E-state index in [-0.39, 0.29) is 11.1 Å². The van der Waals surface area contributed by atoms with Gasteiger partial charge in [0.15, 0.2) is 5.75 Å². The minimum Gasteiger partial charge on any atom is -0.505 e. The van der Waals surface area contributed by atoms with Crippen LogP contribution in [0.2, 0.25) is 0 Å². The number of nitroso groups, excluding NO2 is 1. The van der Waals surface area contributed by atoms with Gasteiger partial charge in [0.2, 0.25) is 5.69 Å². The van der Waals surface area contributed by atoms with E-state index < -0.39 is 28.0 Å². The fraction of sp³-hybridized carbons (Fsp3) is 0.286. The monoisotopic (exact) mass is 318 g/mol. The molecule has 0 saturated heterocycles. The highest BCUT2D eigenvalue weighted by molar-refractivity contribution is 6.01. The summed E-state index contributed by atoms with van der Waals surface area (Å²) in [5.74, 6) is -1.23. The molecule has 1 rings (SSSR count). The van der Waals surface area contributed by atoms with Gasteiger partial charge in [-0.1, -0.05) is 0 Å². The Balaban J connectivity index is 3.40. The number of benzene rings is 1. The van der Waals surface area contributed by atoms with E-state index in [2.05, 4.69) is 5.18 Å². The van der Waals surface area contributed by atoms with Gasteiger partial charge in [-0.3, -0.25) is 14.9 Å². The van der Waals surface area contributed by atoms with Gasteiger partial charge >= 0.3 is 5.69 Å². The summed E-state index contributed by atoms with van der Waals surface area (Å²) in [4.78, 5) is 34.1. The summed E-state index contributed by atoms with van der Waals surface area (Å²) in [5, 5.41) is 32.1. The van der Waals surface area contributed by atoms with E-state index in [1.165, 1.54) is 4.90 Å². The number of nitriles is 1. The Morgan fingerprint density at radius 3 is 2.52 bits per heavy atom. The van der Waals surface area contributed by atoms with E-state index in [0.717, 1.165) is 18.2 Å². The highest BCUT2D eigenvalue weighted by Gasteiger charge is 2.21. The maximum atomic E-state index is 12.1. The fourth-order valence-electron chi connectivity index (χ4n) is 1.93. The van der Waals surface area contributed by atoms with Crippen LogP contribution in [0.3, 0.4) is 0 Å². The normalized spacial score (nSPS) is 10.7. The van der Waals surface area contributed by atoms with Crippen LogP contribution in [-0.4, -0.2) is 33.9 Å². The molecule has 0 unspecified atom stereocenters. The zero-order valence-electron chi connectivity index (χ0n) is 12.5. The number of phenolic OH excluding ortho intramolecular Hbond substituents is 1. The first-order valence-corrected chi connectivity index (χ1v) is 6.65. The van der Waals surface area contributed by atoms with Crippen molar-refractivity contribution in [1.29, 1.82) is 5.26 Å². The standard InChI is InChI=1S/C14H14N4O5/c1-3-17(4-2)14(20)10(8-15)5-9-6-11(18(22)23)13(16-21)12(19)7-9/h5-7,19H,3-4H2,1-2H3/b10-5+. The largest absolute Gasteiger partial charge is 0.505 e. The molecule has 0 bridgehead atoms. The van der Waals surface area contributed by atoms with Crippen molar-refractivity contribution in [2.24, 2.45) is 5.18 Å². The van der Waals surface area contributed by atoms with Gasteiger partial charge in [0.25, 0.3) is 5.91 Å². The lowest BCUT2D eigenvalue weighted by molar-refractivity contribution is -0.384. The van der Waals surface area contributed by atoms with Crippen LogP contribution in [0.5, 0.6) is 5.75 Å². The second-order valence-electron chi connectivity index (χ2n) is 4.40. The Hall–Kier alpha value is -3.28. The molecule has 0 saturated carbocycles. The molecule has 1 aromatic rings. The van der Waals surface area contributed by atoms with Crippen LogP contribution in [-0.2, 0) is 4.79 Å². The smallest absolute Gasteiger partial charge is 0.302 e. The van der Waals surface area contributed by atoms with Crippen LogP contribution >= 0.6 is 0 Å². The van der Waals surface area contributed by atoms with Crippen molar-refractivity contribution >= 4 is 23.4 Å². The molecule has 0 spiro atoms. The summed E-state index contributed by atoms with van der Waals surface area (Å²) < 4.78 is 0. The quantitative estimate of drug-likeness (QED) is 0.281. The number of likely N-dealkylation sites (N-methyl/N-ethyl adjacent to an activating group) is 1. The highest BCUT2D eigenvalue weighted by atomic mass is 16.6. The first-order valence-electron chi connectivity index (χ1n) is 6.65. The van der Waals surface area contributed by atoms with Crippen molar-refractivity contribution in [3.8, 4) is 11.8 Å². The van der Waals surface area contributed by atoms with E-state index in [9.17, 15) is 24.9 Å². The number of phenols is 1. The number of amides is 1. The van der Waals surface area contributed by atoms with Crippen LogP contribution in [0.4, 0.5) is 11.4 Å². The zero-order chi connectivity index (χ0) is 17.6. The number of carbonyl (C=O) groups excluding carboxylic acids is 1. The van der Waals surface area contributed by atoms with Crippen molar-refractivity contribution in [3.05, 3.63) is 38.3 Å². The van der Waals surface area contributed by atoms with Gasteiger partial charge in [-0.05, 0) is 36.7 Å². The topological polar surface area (TPSA) is 137 Å². The van der Waals surface area contributed by atoms with Crippen LogP contribution in [0.1, 0.15) is 19.4 Å². The summed E-state index contributed by atoms with van der Waals surface area (Å²) in [6.45, 7) is 4.29. The minimum absolute atomic E-state index is 0.0404. The Bertz CT molecular complexity index is 717. The summed E-state index contributed by atoms with van der Waals surface area (Å²) in [6, 6.07) is 3.72. The van der Waals surface area contributed by atoms with Crippen LogP contribution < -0.4 is 0 Å². The number of carbonyl (C=O) groups is 1. The number of aromatic hydroxyl groups is 1. The third-order valence-corrected chi connectivity index (χ3v) is 3.09. The molecule has 0 aliphatic heterocycles. The molecule has 9 heteroatoms. The third kappa shape index (κ3) is 3.88. The summed E-state index contributed by atoms with van der Waals surface area (Å²) >= 11 is 0. The Morgan fingerprint density at radius 1 is 1.48 bits per heavy atom. The summed E-state index contributed by atoms with van der Waals surface area (Å²) in [6.07, 6.45) is 1.11. The zero-order valence-corrected chi connectivity index (χ0v) is 12.5. The van der Waals surface area contributed by atoms with Gasteiger partial charge < -0.3 is 10.0 Å². The van der Waals surface area contributed by atoms with Gasteiger partial charge in [0.05, 0.1) is 4.92 Å². The third-order valence-electron chi connectivity index (χ3n) is 3.09. The summed E-state index contributed by atoms with van der Waals surface area (Å²) in [5.41, 5.74) is -1.62. The fourth-order valence-corrected chi connectivity index (χ4v) is 1.93. The second kappa shape index (κ2) is 7.65. The first-order chi connectivity index (χ1) is 10.9. The van der Waals surface area contributed by atoms with E-state index in [0.29, 0.717) is 13.1 Å². The average Bonchev–Trinajstić information content (AvgIpc) is 2.52. The van der Waals surface area contributed by atoms with Crippen LogP contribution in [0.25, 0.3) is 6.08 Å². The number of nitrogens with zero attached hydrogens (tertiary/aromatic N) is 4. The second-order valence-corrected chi connectivity index (χ2v) is 4.40. The molecular weight excluding hydrogens is 304 g/mol. The maximum absolute atomic E-state index is 12.1. The molecule has 0 aliphatic carbocycles. The van der Waals surface area contributed by atoms with Gasteiger partial charge in [-0.15, -0.1) is 4.91 Å². The lowest BCUT2D eigenvalue weighted by atomic mass is 10.1. The van der Waals surface area contributed by atoms with Crippen LogP contribution in [0.15, 0.2) is 22.9 Å². The van der Waals surface area contributed by atoms with E-state index in [4.69, 9.17) is 5.26 Å². The van der Waals surface area contributed by atoms with E-state index in [1.54, 1.807) is 19.9 Å². The number of hydrogen-bond donors (Lipinski definition) is 1. The molecule has 0 radical (unpaired) electrons. The molecule has 120 valence electrons. The summed E-state index contributed by atoms with van der Waals surface area (Å²) in [7, 11) is 0.